The number of hydrogen-bond acceptors (Lipinski definition) is 6. The monoisotopic (exact) mass is 494 g/mol. The molecule has 34 heavy (non-hydrogen) atoms. The zero-order valence-corrected chi connectivity index (χ0v) is 20.0. The van der Waals surface area contributed by atoms with Crippen molar-refractivity contribution in [1.82, 2.24) is 24.1 Å². The fourth-order valence-corrected chi connectivity index (χ4v) is 5.25. The second-order valence-corrected chi connectivity index (χ2v) is 9.35. The van der Waals surface area contributed by atoms with Gasteiger partial charge in [-0.25, -0.2) is 0 Å². The van der Waals surface area contributed by atoms with Crippen molar-refractivity contribution in [3.63, 3.8) is 0 Å². The quantitative estimate of drug-likeness (QED) is 0.302. The average molecular weight is 495 g/mol. The Labute approximate surface area is 205 Å². The van der Waals surface area contributed by atoms with Crippen LogP contribution in [0.2, 0.25) is 5.02 Å². The van der Waals surface area contributed by atoms with Crippen molar-refractivity contribution in [2.75, 3.05) is 36.8 Å². The van der Waals surface area contributed by atoms with Crippen LogP contribution in [0.1, 0.15) is 0 Å². The van der Waals surface area contributed by atoms with Gasteiger partial charge in [0.15, 0.2) is 5.16 Å². The number of benzene rings is 2. The molecule has 1 aliphatic heterocycles. The molecule has 1 amide bonds. The molecular formula is C24H23ClN6O2S. The van der Waals surface area contributed by atoms with Gasteiger partial charge in [0.2, 0.25) is 11.7 Å². The van der Waals surface area contributed by atoms with Crippen LogP contribution in [0.5, 0.6) is 0 Å². The normalized spacial score (nSPS) is 14.1. The molecule has 4 aromatic rings. The van der Waals surface area contributed by atoms with Gasteiger partial charge in [-0.3, -0.25) is 18.6 Å². The summed E-state index contributed by atoms with van der Waals surface area (Å²) in [4.78, 5) is 30.0. The van der Waals surface area contributed by atoms with Crippen LogP contribution in [0.3, 0.4) is 0 Å². The van der Waals surface area contributed by atoms with E-state index in [2.05, 4.69) is 21.7 Å². The summed E-state index contributed by atoms with van der Waals surface area (Å²) in [5.74, 6) is 0.734. The minimum atomic E-state index is -0.138. The van der Waals surface area contributed by atoms with Gasteiger partial charge >= 0.3 is 0 Å². The Balaban J connectivity index is 1.32. The molecule has 0 saturated carbocycles. The molecule has 0 unspecified atom stereocenters. The van der Waals surface area contributed by atoms with E-state index in [-0.39, 0.29) is 17.2 Å². The maximum Gasteiger partial charge on any atom is 0.263 e. The van der Waals surface area contributed by atoms with Crippen LogP contribution < -0.4 is 10.5 Å². The van der Waals surface area contributed by atoms with Gasteiger partial charge in [0.1, 0.15) is 0 Å². The standard InChI is InChI=1S/C24H23ClN6O2S/c1-2-10-30-22(33)19-8-3-4-9-20(19)31-23(30)26-27-24(31)34-16-21(32)29-13-11-28(12-14-29)18-7-5-6-17(25)15-18/h2-9,15H,1,10-14,16H2. The molecular weight excluding hydrogens is 472 g/mol. The molecule has 5 rings (SSSR count). The first-order chi connectivity index (χ1) is 16.6. The van der Waals surface area contributed by atoms with Gasteiger partial charge in [-0.1, -0.05) is 47.6 Å². The highest BCUT2D eigenvalue weighted by atomic mass is 35.5. The largest absolute Gasteiger partial charge is 0.368 e. The molecule has 174 valence electrons. The number of rotatable bonds is 6. The Hall–Kier alpha value is -3.30. The lowest BCUT2D eigenvalue weighted by atomic mass is 10.2. The van der Waals surface area contributed by atoms with Crippen molar-refractivity contribution in [1.29, 1.82) is 0 Å². The SMILES string of the molecule is C=CCn1c(=O)c2ccccc2n2c(SCC(=O)N3CCN(c4cccc(Cl)c4)CC3)nnc12. The molecule has 10 heteroatoms. The Morgan fingerprint density at radius 2 is 1.88 bits per heavy atom. The number of fused-ring (bicyclic) bond motifs is 3. The number of para-hydroxylation sites is 1. The molecule has 0 radical (unpaired) electrons. The summed E-state index contributed by atoms with van der Waals surface area (Å²) in [5.41, 5.74) is 1.65. The van der Waals surface area contributed by atoms with E-state index in [4.69, 9.17) is 11.6 Å². The minimum Gasteiger partial charge on any atom is -0.368 e. The number of hydrogen-bond donors (Lipinski definition) is 0. The van der Waals surface area contributed by atoms with Gasteiger partial charge in [0, 0.05) is 43.4 Å². The van der Waals surface area contributed by atoms with Crippen LogP contribution in [0.25, 0.3) is 16.7 Å². The van der Waals surface area contributed by atoms with Gasteiger partial charge in [-0.15, -0.1) is 16.8 Å². The fourth-order valence-electron chi connectivity index (χ4n) is 4.23. The molecule has 3 heterocycles. The maximum absolute atomic E-state index is 13.0. The third kappa shape index (κ3) is 4.17. The average Bonchev–Trinajstić information content (AvgIpc) is 3.29. The molecule has 0 atom stereocenters. The summed E-state index contributed by atoms with van der Waals surface area (Å²) in [6, 6.07) is 15.1. The molecule has 0 aliphatic carbocycles. The second kappa shape index (κ2) is 9.52. The minimum absolute atomic E-state index is 0.0520. The van der Waals surface area contributed by atoms with Gasteiger partial charge in [-0.2, -0.15) is 0 Å². The van der Waals surface area contributed by atoms with Crippen molar-refractivity contribution in [2.45, 2.75) is 11.7 Å². The molecule has 0 bridgehead atoms. The Bertz CT molecular complexity index is 1440. The van der Waals surface area contributed by atoms with Crippen LogP contribution in [0.4, 0.5) is 5.69 Å². The van der Waals surface area contributed by atoms with E-state index in [0.717, 1.165) is 24.3 Å². The van der Waals surface area contributed by atoms with Crippen LogP contribution in [0.15, 0.2) is 71.1 Å². The number of thioether (sulfide) groups is 1. The van der Waals surface area contributed by atoms with E-state index >= 15 is 0 Å². The number of allylic oxidation sites excluding steroid dienone is 1. The van der Waals surface area contributed by atoms with Crippen LogP contribution in [0, 0.1) is 0 Å². The van der Waals surface area contributed by atoms with E-state index in [1.54, 1.807) is 16.7 Å². The Morgan fingerprint density at radius 1 is 1.09 bits per heavy atom. The first kappa shape index (κ1) is 22.5. The Morgan fingerprint density at radius 3 is 2.65 bits per heavy atom. The molecule has 0 spiro atoms. The van der Waals surface area contributed by atoms with E-state index in [9.17, 15) is 9.59 Å². The number of aromatic nitrogens is 4. The van der Waals surface area contributed by atoms with Gasteiger partial charge in [-0.05, 0) is 30.3 Å². The van der Waals surface area contributed by atoms with E-state index in [1.807, 2.05) is 51.8 Å². The molecule has 2 aromatic carbocycles. The van der Waals surface area contributed by atoms with Crippen LogP contribution in [-0.4, -0.2) is 61.9 Å². The van der Waals surface area contributed by atoms with Crippen molar-refractivity contribution < 1.29 is 4.79 Å². The summed E-state index contributed by atoms with van der Waals surface area (Å²) in [5, 5.41) is 10.4. The van der Waals surface area contributed by atoms with E-state index in [1.165, 1.54) is 11.8 Å². The zero-order chi connectivity index (χ0) is 23.7. The molecule has 8 nitrogen and oxygen atoms in total. The topological polar surface area (TPSA) is 75.7 Å². The summed E-state index contributed by atoms with van der Waals surface area (Å²) < 4.78 is 3.39. The first-order valence-corrected chi connectivity index (χ1v) is 12.3. The van der Waals surface area contributed by atoms with Gasteiger partial charge < -0.3 is 9.80 Å². The number of nitrogens with zero attached hydrogens (tertiary/aromatic N) is 6. The van der Waals surface area contributed by atoms with Crippen molar-refractivity contribution in [2.24, 2.45) is 0 Å². The highest BCUT2D eigenvalue weighted by Crippen LogP contribution is 2.23. The number of piperazine rings is 1. The lowest BCUT2D eigenvalue weighted by Crippen LogP contribution is -2.49. The smallest absolute Gasteiger partial charge is 0.263 e. The number of carbonyl (C=O) groups is 1. The van der Waals surface area contributed by atoms with Crippen LogP contribution in [-0.2, 0) is 11.3 Å². The predicted octanol–water partition coefficient (Wildman–Crippen LogP) is 3.32. The predicted molar refractivity (Wildman–Crippen MR) is 136 cm³/mol. The lowest BCUT2D eigenvalue weighted by Gasteiger charge is -2.36. The number of anilines is 1. The van der Waals surface area contributed by atoms with Gasteiger partial charge in [0.25, 0.3) is 5.56 Å². The molecule has 0 N–H and O–H groups in total. The van der Waals surface area contributed by atoms with Crippen molar-refractivity contribution in [3.8, 4) is 0 Å². The van der Waals surface area contributed by atoms with Crippen LogP contribution >= 0.6 is 23.4 Å². The van der Waals surface area contributed by atoms with Crippen molar-refractivity contribution >= 4 is 51.6 Å². The zero-order valence-electron chi connectivity index (χ0n) is 18.4. The third-order valence-electron chi connectivity index (χ3n) is 5.92. The van der Waals surface area contributed by atoms with Gasteiger partial charge in [0.05, 0.1) is 16.7 Å². The third-order valence-corrected chi connectivity index (χ3v) is 7.07. The summed E-state index contributed by atoms with van der Waals surface area (Å²) in [7, 11) is 0. The highest BCUT2D eigenvalue weighted by Gasteiger charge is 2.23. The molecule has 1 saturated heterocycles. The first-order valence-electron chi connectivity index (χ1n) is 11.0. The summed E-state index contributed by atoms with van der Waals surface area (Å²) in [6.07, 6.45) is 1.66. The van der Waals surface area contributed by atoms with Crippen molar-refractivity contribution in [3.05, 3.63) is 76.6 Å². The van der Waals surface area contributed by atoms with E-state index < -0.39 is 0 Å². The van der Waals surface area contributed by atoms with E-state index in [0.29, 0.717) is 41.0 Å². The number of amides is 1. The lowest BCUT2D eigenvalue weighted by molar-refractivity contribution is -0.128. The highest BCUT2D eigenvalue weighted by molar-refractivity contribution is 7.99. The molecule has 1 aliphatic rings. The molecule has 1 fully saturated rings. The number of carbonyl (C=O) groups excluding carboxylic acids is 1. The summed E-state index contributed by atoms with van der Waals surface area (Å²) in [6.45, 7) is 6.87. The Kier molecular flexibility index (Phi) is 6.30. The second-order valence-electron chi connectivity index (χ2n) is 7.98. The fraction of sp³-hybridized carbons (Fsp3) is 0.250. The number of halogens is 1. The summed E-state index contributed by atoms with van der Waals surface area (Å²) >= 11 is 7.45. The molecule has 2 aromatic heterocycles. The maximum atomic E-state index is 13.0.